The lowest BCUT2D eigenvalue weighted by Crippen LogP contribution is -2.15. The molecule has 0 aromatic carbocycles. The summed E-state index contributed by atoms with van der Waals surface area (Å²) >= 11 is 0. The molecule has 0 aliphatic carbocycles. The minimum absolute atomic E-state index is 1.02. The first-order valence-corrected chi connectivity index (χ1v) is 5.32. The van der Waals surface area contributed by atoms with E-state index in [1.807, 2.05) is 24.7 Å². The van der Waals surface area contributed by atoms with Gasteiger partial charge in [0.25, 0.3) is 0 Å². The zero-order valence-corrected chi connectivity index (χ0v) is 10.1. The minimum Gasteiger partial charge on any atom is -0.309 e. The lowest BCUT2D eigenvalue weighted by atomic mass is 10.4. The van der Waals surface area contributed by atoms with Crippen LogP contribution in [0.3, 0.4) is 0 Å². The smallest absolute Gasteiger partial charge is 0.0518 e. The van der Waals surface area contributed by atoms with E-state index in [1.54, 1.807) is 0 Å². The van der Waals surface area contributed by atoms with E-state index in [-0.39, 0.29) is 0 Å². The first kappa shape index (κ1) is 13.2. The van der Waals surface area contributed by atoms with E-state index < -0.39 is 0 Å². The fourth-order valence-corrected chi connectivity index (χ4v) is 1.14. The molecular formula is C11H23N3. The average molecular weight is 197 g/mol. The lowest BCUT2D eigenvalue weighted by Gasteiger charge is -2.08. The minimum atomic E-state index is 1.02. The molecule has 3 nitrogen and oxygen atoms in total. The van der Waals surface area contributed by atoms with Crippen LogP contribution in [0.1, 0.15) is 25.8 Å². The second kappa shape index (κ2) is 7.56. The number of hydrogen-bond acceptors (Lipinski definition) is 2. The molecule has 1 aromatic heterocycles. The Labute approximate surface area is 87.7 Å². The molecule has 0 N–H and O–H groups in total. The van der Waals surface area contributed by atoms with Gasteiger partial charge in [-0.25, -0.2) is 0 Å². The molecule has 0 saturated carbocycles. The number of aryl methyl sites for hydroxylation is 2. The van der Waals surface area contributed by atoms with E-state index in [4.69, 9.17) is 0 Å². The summed E-state index contributed by atoms with van der Waals surface area (Å²) in [6.45, 7) is 8.21. The normalized spacial score (nSPS) is 9.86. The van der Waals surface area contributed by atoms with Crippen LogP contribution >= 0.6 is 0 Å². The SMILES string of the molecule is CC.Cc1cnn(CCCN(C)C)c1. The molecule has 0 radical (unpaired) electrons. The van der Waals surface area contributed by atoms with Crippen LogP contribution in [-0.2, 0) is 6.54 Å². The van der Waals surface area contributed by atoms with Crippen molar-refractivity contribution >= 4 is 0 Å². The highest BCUT2D eigenvalue weighted by Gasteiger charge is 1.94. The molecule has 0 aliphatic heterocycles. The van der Waals surface area contributed by atoms with Crippen molar-refractivity contribution < 1.29 is 0 Å². The maximum Gasteiger partial charge on any atom is 0.0518 e. The Morgan fingerprint density at radius 1 is 1.36 bits per heavy atom. The van der Waals surface area contributed by atoms with E-state index in [2.05, 4.69) is 37.2 Å². The summed E-state index contributed by atoms with van der Waals surface area (Å²) < 4.78 is 2.00. The molecule has 0 unspecified atom stereocenters. The van der Waals surface area contributed by atoms with E-state index in [0.29, 0.717) is 0 Å². The zero-order chi connectivity index (χ0) is 11.0. The summed E-state index contributed by atoms with van der Waals surface area (Å²) in [7, 11) is 4.18. The Bertz CT molecular complexity index is 228. The summed E-state index contributed by atoms with van der Waals surface area (Å²) in [4.78, 5) is 2.19. The van der Waals surface area contributed by atoms with Crippen molar-refractivity contribution in [2.45, 2.75) is 33.7 Å². The fourth-order valence-electron chi connectivity index (χ4n) is 1.14. The van der Waals surface area contributed by atoms with Crippen LogP contribution < -0.4 is 0 Å². The van der Waals surface area contributed by atoms with Gasteiger partial charge in [-0.1, -0.05) is 13.8 Å². The first-order valence-electron chi connectivity index (χ1n) is 5.32. The van der Waals surface area contributed by atoms with Crippen molar-refractivity contribution in [1.82, 2.24) is 14.7 Å². The van der Waals surface area contributed by atoms with Crippen LogP contribution in [0.4, 0.5) is 0 Å². The van der Waals surface area contributed by atoms with Gasteiger partial charge in [-0.2, -0.15) is 5.10 Å². The second-order valence-electron chi connectivity index (χ2n) is 3.44. The van der Waals surface area contributed by atoms with Gasteiger partial charge in [0.1, 0.15) is 0 Å². The van der Waals surface area contributed by atoms with Crippen LogP contribution in [0.15, 0.2) is 12.4 Å². The van der Waals surface area contributed by atoms with Gasteiger partial charge in [-0.05, 0) is 39.5 Å². The molecule has 3 heteroatoms. The third kappa shape index (κ3) is 5.75. The van der Waals surface area contributed by atoms with Crippen LogP contribution in [0.2, 0.25) is 0 Å². The van der Waals surface area contributed by atoms with Crippen molar-refractivity contribution in [3.63, 3.8) is 0 Å². The van der Waals surface area contributed by atoms with Crippen LogP contribution in [-0.4, -0.2) is 35.3 Å². The molecule has 82 valence electrons. The molecule has 1 heterocycles. The summed E-state index contributed by atoms with van der Waals surface area (Å²) in [5.41, 5.74) is 1.24. The van der Waals surface area contributed by atoms with Crippen molar-refractivity contribution in [2.24, 2.45) is 0 Å². The molecular weight excluding hydrogens is 174 g/mol. The van der Waals surface area contributed by atoms with E-state index >= 15 is 0 Å². The molecule has 0 atom stereocenters. The monoisotopic (exact) mass is 197 g/mol. The average Bonchev–Trinajstić information content (AvgIpc) is 2.54. The van der Waals surface area contributed by atoms with Crippen molar-refractivity contribution in [3.8, 4) is 0 Å². The number of aromatic nitrogens is 2. The Morgan fingerprint density at radius 2 is 2.00 bits per heavy atom. The number of hydrogen-bond donors (Lipinski definition) is 0. The van der Waals surface area contributed by atoms with E-state index in [0.717, 1.165) is 19.5 Å². The molecule has 1 aromatic rings. The molecule has 14 heavy (non-hydrogen) atoms. The molecule has 1 rings (SSSR count). The van der Waals surface area contributed by atoms with E-state index in [1.165, 1.54) is 5.56 Å². The van der Waals surface area contributed by atoms with Gasteiger partial charge < -0.3 is 4.90 Å². The lowest BCUT2D eigenvalue weighted by molar-refractivity contribution is 0.380. The summed E-state index contributed by atoms with van der Waals surface area (Å²) in [6, 6.07) is 0. The maximum atomic E-state index is 4.21. The van der Waals surface area contributed by atoms with Gasteiger partial charge in [0.05, 0.1) is 6.20 Å². The Hall–Kier alpha value is -0.830. The third-order valence-electron chi connectivity index (χ3n) is 1.75. The molecule has 0 spiro atoms. The van der Waals surface area contributed by atoms with Crippen molar-refractivity contribution in [1.29, 1.82) is 0 Å². The quantitative estimate of drug-likeness (QED) is 0.737. The molecule has 0 saturated heterocycles. The number of nitrogens with zero attached hydrogens (tertiary/aromatic N) is 3. The Balaban J connectivity index is 0.000000791. The number of rotatable bonds is 4. The Morgan fingerprint density at radius 3 is 2.43 bits per heavy atom. The van der Waals surface area contributed by atoms with Gasteiger partial charge >= 0.3 is 0 Å². The van der Waals surface area contributed by atoms with Crippen LogP contribution in [0, 0.1) is 6.92 Å². The fraction of sp³-hybridized carbons (Fsp3) is 0.727. The highest BCUT2D eigenvalue weighted by Crippen LogP contribution is 1.95. The van der Waals surface area contributed by atoms with Gasteiger partial charge in [-0.15, -0.1) is 0 Å². The molecule has 0 amide bonds. The largest absolute Gasteiger partial charge is 0.309 e. The standard InChI is InChI=1S/C9H17N3.C2H6/c1-9-7-10-12(8-9)6-4-5-11(2)3;1-2/h7-8H,4-6H2,1-3H3;1-2H3. The predicted molar refractivity (Wildman–Crippen MR) is 61.5 cm³/mol. The highest BCUT2D eigenvalue weighted by atomic mass is 15.3. The molecule has 0 bridgehead atoms. The predicted octanol–water partition coefficient (Wildman–Crippen LogP) is 2.17. The summed E-state index contributed by atoms with van der Waals surface area (Å²) in [5, 5.41) is 4.21. The summed E-state index contributed by atoms with van der Waals surface area (Å²) in [5.74, 6) is 0. The Kier molecular flexibility index (Phi) is 7.11. The van der Waals surface area contributed by atoms with Crippen LogP contribution in [0.5, 0.6) is 0 Å². The van der Waals surface area contributed by atoms with Gasteiger partial charge in [0.15, 0.2) is 0 Å². The highest BCUT2D eigenvalue weighted by molar-refractivity contribution is 4.99. The molecule has 0 fully saturated rings. The van der Waals surface area contributed by atoms with Gasteiger partial charge in [0.2, 0.25) is 0 Å². The maximum absolute atomic E-state index is 4.21. The van der Waals surface area contributed by atoms with Crippen molar-refractivity contribution in [2.75, 3.05) is 20.6 Å². The topological polar surface area (TPSA) is 21.1 Å². The van der Waals surface area contributed by atoms with Gasteiger partial charge in [0, 0.05) is 12.7 Å². The molecule has 0 aliphatic rings. The van der Waals surface area contributed by atoms with Gasteiger partial charge in [-0.3, -0.25) is 4.68 Å². The summed E-state index contributed by atoms with van der Waals surface area (Å²) in [6.07, 6.45) is 5.14. The van der Waals surface area contributed by atoms with Crippen LogP contribution in [0.25, 0.3) is 0 Å². The zero-order valence-electron chi connectivity index (χ0n) is 10.1. The first-order chi connectivity index (χ1) is 6.68. The van der Waals surface area contributed by atoms with E-state index in [9.17, 15) is 0 Å². The third-order valence-corrected chi connectivity index (χ3v) is 1.75. The second-order valence-corrected chi connectivity index (χ2v) is 3.44. The van der Waals surface area contributed by atoms with Crippen molar-refractivity contribution in [3.05, 3.63) is 18.0 Å².